The zero-order chi connectivity index (χ0) is 17.6. The van der Waals surface area contributed by atoms with Crippen LogP contribution in [0.4, 0.5) is 17.6 Å². The highest BCUT2D eigenvalue weighted by Crippen LogP contribution is 2.40. The number of aromatic hydroxyl groups is 1. The molecule has 0 aliphatic carbocycles. The van der Waals surface area contributed by atoms with Crippen molar-refractivity contribution in [3.8, 4) is 5.75 Å². The summed E-state index contributed by atoms with van der Waals surface area (Å²) in [7, 11) is 0. The molecule has 9 heteroatoms. The molecule has 0 saturated heterocycles. The molecule has 0 atom stereocenters. The fraction of sp³-hybridized carbons (Fsp3) is 0.133. The Morgan fingerprint density at radius 2 is 1.96 bits per heavy atom. The molecule has 0 amide bonds. The van der Waals surface area contributed by atoms with Crippen molar-refractivity contribution in [1.29, 1.82) is 0 Å². The highest BCUT2D eigenvalue weighted by molar-refractivity contribution is 8.01. The number of thiophene rings is 1. The predicted octanol–water partition coefficient (Wildman–Crippen LogP) is 5.16. The largest absolute Gasteiger partial charge is 0.505 e. The number of carbonyl (C=O) groups excluding carboxylic acids is 1. The third-order valence-electron chi connectivity index (χ3n) is 3.30. The van der Waals surface area contributed by atoms with Gasteiger partial charge in [0.05, 0.1) is 15.3 Å². The van der Waals surface area contributed by atoms with E-state index in [1.165, 1.54) is 16.0 Å². The van der Waals surface area contributed by atoms with Gasteiger partial charge in [-0.15, -0.1) is 11.3 Å². The van der Waals surface area contributed by atoms with Gasteiger partial charge in [0.1, 0.15) is 0 Å². The van der Waals surface area contributed by atoms with Crippen LogP contribution in [0.15, 0.2) is 33.9 Å². The van der Waals surface area contributed by atoms with Crippen molar-refractivity contribution >= 4 is 39.9 Å². The first-order chi connectivity index (χ1) is 11.2. The van der Waals surface area contributed by atoms with Gasteiger partial charge >= 0.3 is 5.51 Å². The lowest BCUT2D eigenvalue weighted by Crippen LogP contribution is -2.12. The summed E-state index contributed by atoms with van der Waals surface area (Å²) >= 11 is 0.526. The second kappa shape index (κ2) is 5.82. The van der Waals surface area contributed by atoms with Crippen molar-refractivity contribution < 1.29 is 27.5 Å². The van der Waals surface area contributed by atoms with Gasteiger partial charge in [0.2, 0.25) is 0 Å². The highest BCUT2D eigenvalue weighted by atomic mass is 32.2. The van der Waals surface area contributed by atoms with Crippen LogP contribution >= 0.6 is 23.1 Å². The van der Waals surface area contributed by atoms with E-state index in [1.807, 2.05) is 0 Å². The first-order valence-electron chi connectivity index (χ1n) is 6.55. The molecule has 0 spiro atoms. The van der Waals surface area contributed by atoms with Gasteiger partial charge in [-0.2, -0.15) is 13.2 Å². The van der Waals surface area contributed by atoms with Crippen LogP contribution in [0, 0.1) is 12.7 Å². The maximum atomic E-state index is 13.6. The van der Waals surface area contributed by atoms with Crippen molar-refractivity contribution in [1.82, 2.24) is 4.57 Å². The van der Waals surface area contributed by atoms with E-state index in [0.29, 0.717) is 11.1 Å². The zero-order valence-electron chi connectivity index (χ0n) is 12.0. The van der Waals surface area contributed by atoms with Crippen LogP contribution < -0.4 is 0 Å². The lowest BCUT2D eigenvalue weighted by atomic mass is 10.2. The minimum atomic E-state index is -4.43. The number of aryl methyl sites for hydroxylation is 1. The Morgan fingerprint density at radius 1 is 1.25 bits per heavy atom. The smallest absolute Gasteiger partial charge is 0.447 e. The lowest BCUT2D eigenvalue weighted by molar-refractivity contribution is -0.0327. The molecule has 0 unspecified atom stereocenters. The molecule has 3 rings (SSSR count). The van der Waals surface area contributed by atoms with Crippen molar-refractivity contribution in [2.24, 2.45) is 0 Å². The molecule has 0 fully saturated rings. The average molecular weight is 375 g/mol. The minimum absolute atomic E-state index is 0.0520. The van der Waals surface area contributed by atoms with Crippen molar-refractivity contribution in [3.63, 3.8) is 0 Å². The van der Waals surface area contributed by atoms with E-state index < -0.39 is 23.0 Å². The van der Waals surface area contributed by atoms with Crippen molar-refractivity contribution in [2.75, 3.05) is 0 Å². The number of halogens is 4. The molecule has 0 aliphatic heterocycles. The molecule has 1 aromatic carbocycles. The Labute approximate surface area is 141 Å². The van der Waals surface area contributed by atoms with E-state index >= 15 is 0 Å². The van der Waals surface area contributed by atoms with Crippen LogP contribution in [-0.4, -0.2) is 21.1 Å². The number of carbonyl (C=O) groups is 1. The van der Waals surface area contributed by atoms with Crippen LogP contribution in [0.3, 0.4) is 0 Å². The number of hydrogen-bond acceptors (Lipinski definition) is 4. The van der Waals surface area contributed by atoms with Crippen LogP contribution in [0.1, 0.15) is 16.1 Å². The minimum Gasteiger partial charge on any atom is -0.505 e. The van der Waals surface area contributed by atoms with E-state index in [-0.39, 0.29) is 27.1 Å². The second-order valence-electron chi connectivity index (χ2n) is 4.99. The Hall–Kier alpha value is -2.00. The topological polar surface area (TPSA) is 42.2 Å². The number of aromatic nitrogens is 1. The molecule has 0 aliphatic rings. The number of phenolic OH excluding ortho intramolecular Hbond substituents is 1. The summed E-state index contributed by atoms with van der Waals surface area (Å²) in [6, 6.07) is 4.96. The number of fused-ring (bicyclic) bond motifs is 1. The van der Waals surface area contributed by atoms with Crippen LogP contribution in [0.2, 0.25) is 0 Å². The summed E-state index contributed by atoms with van der Waals surface area (Å²) in [5, 5.41) is 11.2. The van der Waals surface area contributed by atoms with E-state index in [1.54, 1.807) is 13.0 Å². The molecule has 2 aromatic heterocycles. The maximum Gasteiger partial charge on any atom is 0.447 e. The molecule has 24 heavy (non-hydrogen) atoms. The molecule has 3 aromatic rings. The third-order valence-corrected chi connectivity index (χ3v) is 5.11. The Kier molecular flexibility index (Phi) is 4.08. The quantitative estimate of drug-likeness (QED) is 0.497. The van der Waals surface area contributed by atoms with Crippen molar-refractivity contribution in [2.45, 2.75) is 16.6 Å². The number of hydrogen-bond donors (Lipinski definition) is 1. The van der Waals surface area contributed by atoms with Gasteiger partial charge in [0.25, 0.3) is 5.91 Å². The van der Waals surface area contributed by atoms with E-state index in [2.05, 4.69) is 0 Å². The Morgan fingerprint density at radius 3 is 2.62 bits per heavy atom. The molecule has 126 valence electrons. The lowest BCUT2D eigenvalue weighted by Gasteiger charge is -2.06. The van der Waals surface area contributed by atoms with E-state index in [4.69, 9.17) is 0 Å². The van der Waals surface area contributed by atoms with Gasteiger partial charge in [0, 0.05) is 22.5 Å². The third kappa shape index (κ3) is 3.13. The highest BCUT2D eigenvalue weighted by Gasteiger charge is 2.30. The number of nitrogens with zero attached hydrogens (tertiary/aromatic N) is 1. The predicted molar refractivity (Wildman–Crippen MR) is 84.3 cm³/mol. The molecule has 0 bridgehead atoms. The molecular weight excluding hydrogens is 366 g/mol. The summed E-state index contributed by atoms with van der Waals surface area (Å²) in [4.78, 5) is 12.6. The standard InChI is InChI=1S/C15H9F4NO2S2/c1-7-2-8-3-12(21)10(16)5-11(8)20(7)14(22)9-4-13(23-6-9)24-15(17,18)19/h2-6,21H,1H3. The SMILES string of the molecule is Cc1cc2cc(O)c(F)cc2n1C(=O)c1csc(SC(F)(F)F)c1. The summed E-state index contributed by atoms with van der Waals surface area (Å²) in [5.74, 6) is -1.97. The van der Waals surface area contributed by atoms with Gasteiger partial charge in [-0.3, -0.25) is 9.36 Å². The summed E-state index contributed by atoms with van der Waals surface area (Å²) in [6.45, 7) is 1.62. The van der Waals surface area contributed by atoms with Gasteiger partial charge in [-0.1, -0.05) is 0 Å². The van der Waals surface area contributed by atoms with Gasteiger partial charge in [0.15, 0.2) is 11.6 Å². The summed E-state index contributed by atoms with van der Waals surface area (Å²) in [6.07, 6.45) is 0. The zero-order valence-corrected chi connectivity index (χ0v) is 13.7. The van der Waals surface area contributed by atoms with Crippen molar-refractivity contribution in [3.05, 3.63) is 46.7 Å². The Bertz CT molecular complexity index is 943. The fourth-order valence-corrected chi connectivity index (χ4v) is 3.99. The van der Waals surface area contributed by atoms with E-state index in [9.17, 15) is 27.5 Å². The maximum absolute atomic E-state index is 13.6. The normalized spacial score (nSPS) is 12.0. The van der Waals surface area contributed by atoms with Gasteiger partial charge in [-0.05, 0) is 36.9 Å². The Balaban J connectivity index is 2.03. The molecule has 0 saturated carbocycles. The number of thioether (sulfide) groups is 1. The van der Waals surface area contributed by atoms with Crippen LogP contribution in [0.25, 0.3) is 10.9 Å². The average Bonchev–Trinajstić information content (AvgIpc) is 3.01. The summed E-state index contributed by atoms with van der Waals surface area (Å²) in [5.41, 5.74) is -3.62. The monoisotopic (exact) mass is 375 g/mol. The first kappa shape index (κ1) is 16.8. The molecule has 1 N–H and O–H groups in total. The molecule has 2 heterocycles. The first-order valence-corrected chi connectivity index (χ1v) is 8.25. The fourth-order valence-electron chi connectivity index (χ4n) is 2.35. The summed E-state index contributed by atoms with van der Waals surface area (Å²) < 4.78 is 51.9. The van der Waals surface area contributed by atoms with Crippen LogP contribution in [-0.2, 0) is 0 Å². The molecular formula is C15H9F4NO2S2. The van der Waals surface area contributed by atoms with Gasteiger partial charge in [-0.25, -0.2) is 4.39 Å². The molecule has 3 nitrogen and oxygen atoms in total. The number of phenols is 1. The second-order valence-corrected chi connectivity index (χ2v) is 7.27. The number of alkyl halides is 3. The number of rotatable bonds is 2. The van der Waals surface area contributed by atoms with E-state index in [0.717, 1.165) is 23.5 Å². The number of benzene rings is 1. The van der Waals surface area contributed by atoms with Gasteiger partial charge < -0.3 is 5.11 Å². The molecule has 0 radical (unpaired) electrons. The van der Waals surface area contributed by atoms with Crippen LogP contribution in [0.5, 0.6) is 5.75 Å².